The third-order valence-corrected chi connectivity index (χ3v) is 4.84. The van der Waals surface area contributed by atoms with Crippen molar-refractivity contribution in [2.45, 2.75) is 38.5 Å². The Bertz CT molecular complexity index is 775. The first kappa shape index (κ1) is 18.4. The van der Waals surface area contributed by atoms with E-state index >= 15 is 0 Å². The molecule has 0 spiro atoms. The molecule has 2 aromatic carbocycles. The van der Waals surface area contributed by atoms with Crippen molar-refractivity contribution in [3.63, 3.8) is 0 Å². The second-order valence-corrected chi connectivity index (χ2v) is 6.79. The van der Waals surface area contributed by atoms with Gasteiger partial charge < -0.3 is 14.7 Å². The first-order chi connectivity index (χ1) is 12.6. The first-order valence-electron chi connectivity index (χ1n) is 9.29. The van der Waals surface area contributed by atoms with Crippen molar-refractivity contribution < 1.29 is 19.4 Å². The summed E-state index contributed by atoms with van der Waals surface area (Å²) in [4.78, 5) is 25.1. The predicted octanol–water partition coefficient (Wildman–Crippen LogP) is 3.64. The number of fused-ring (bicyclic) bond motifs is 1. The molecule has 2 aromatic rings. The summed E-state index contributed by atoms with van der Waals surface area (Å²) < 4.78 is 5.58. The maximum absolute atomic E-state index is 12.1. The number of hydrogen-bond acceptors (Lipinski definition) is 4. The second-order valence-electron chi connectivity index (χ2n) is 6.79. The van der Waals surface area contributed by atoms with E-state index in [9.17, 15) is 9.59 Å². The van der Waals surface area contributed by atoms with Gasteiger partial charge >= 0.3 is 11.9 Å². The van der Waals surface area contributed by atoms with Crippen LogP contribution in [-0.4, -0.2) is 41.6 Å². The smallest absolute Gasteiger partial charge is 0.311 e. The van der Waals surface area contributed by atoms with Gasteiger partial charge in [0.25, 0.3) is 0 Å². The average molecular weight is 355 g/mol. The Kier molecular flexibility index (Phi) is 6.23. The molecule has 1 aliphatic heterocycles. The van der Waals surface area contributed by atoms with Crippen LogP contribution in [0.1, 0.15) is 37.7 Å². The molecule has 5 nitrogen and oxygen atoms in total. The minimum absolute atomic E-state index is 0.0221. The number of esters is 1. The lowest BCUT2D eigenvalue weighted by Crippen LogP contribution is -2.22. The average Bonchev–Trinajstić information content (AvgIpc) is 3.13. The molecule has 1 aliphatic rings. The molecule has 1 fully saturated rings. The van der Waals surface area contributed by atoms with E-state index in [4.69, 9.17) is 9.84 Å². The standard InChI is InChI=1S/C21H25NO4/c23-19(24)10-5-11-20(25)26-18-9-4-8-16-6-3-7-17(21(16)18)12-15-22-13-1-2-14-22/h3-4,6-9H,1-2,5,10-15H2,(H,23,24). The molecule has 0 unspecified atom stereocenters. The molecule has 0 bridgehead atoms. The molecule has 26 heavy (non-hydrogen) atoms. The maximum Gasteiger partial charge on any atom is 0.311 e. The van der Waals surface area contributed by atoms with E-state index < -0.39 is 5.97 Å². The molecule has 0 atom stereocenters. The minimum Gasteiger partial charge on any atom is -0.481 e. The number of carbonyl (C=O) groups excluding carboxylic acids is 1. The maximum atomic E-state index is 12.1. The fraction of sp³-hybridized carbons (Fsp3) is 0.429. The molecule has 1 heterocycles. The lowest BCUT2D eigenvalue weighted by Gasteiger charge is -2.16. The summed E-state index contributed by atoms with van der Waals surface area (Å²) in [6.07, 6.45) is 3.85. The van der Waals surface area contributed by atoms with Crippen LogP contribution in [-0.2, 0) is 16.0 Å². The normalized spacial score (nSPS) is 14.6. The molecule has 5 heteroatoms. The third kappa shape index (κ3) is 4.82. The van der Waals surface area contributed by atoms with Crippen LogP contribution < -0.4 is 4.74 Å². The van der Waals surface area contributed by atoms with E-state index in [0.29, 0.717) is 12.2 Å². The Morgan fingerprint density at radius 3 is 2.50 bits per heavy atom. The number of benzene rings is 2. The monoisotopic (exact) mass is 355 g/mol. The van der Waals surface area contributed by atoms with E-state index in [1.807, 2.05) is 30.3 Å². The summed E-state index contributed by atoms with van der Waals surface area (Å²) >= 11 is 0. The van der Waals surface area contributed by atoms with E-state index in [1.54, 1.807) is 0 Å². The molecular formula is C21H25NO4. The number of aliphatic carboxylic acids is 1. The van der Waals surface area contributed by atoms with Gasteiger partial charge in [-0.1, -0.05) is 30.3 Å². The van der Waals surface area contributed by atoms with Crippen LogP contribution >= 0.6 is 0 Å². The number of ether oxygens (including phenoxy) is 1. The first-order valence-corrected chi connectivity index (χ1v) is 9.29. The predicted molar refractivity (Wildman–Crippen MR) is 100 cm³/mol. The number of hydrogen-bond donors (Lipinski definition) is 1. The molecule has 0 amide bonds. The highest BCUT2D eigenvalue weighted by Gasteiger charge is 2.15. The lowest BCUT2D eigenvalue weighted by molar-refractivity contribution is -0.137. The van der Waals surface area contributed by atoms with Gasteiger partial charge in [-0.25, -0.2) is 0 Å². The summed E-state index contributed by atoms with van der Waals surface area (Å²) in [5.41, 5.74) is 1.18. The van der Waals surface area contributed by atoms with Crippen molar-refractivity contribution in [3.8, 4) is 5.75 Å². The van der Waals surface area contributed by atoms with Crippen LogP contribution in [0.3, 0.4) is 0 Å². The summed E-state index contributed by atoms with van der Waals surface area (Å²) in [5, 5.41) is 10.7. The van der Waals surface area contributed by atoms with Crippen molar-refractivity contribution in [1.29, 1.82) is 0 Å². The van der Waals surface area contributed by atoms with Crippen LogP contribution in [0.15, 0.2) is 36.4 Å². The number of carbonyl (C=O) groups is 2. The zero-order chi connectivity index (χ0) is 18.4. The Morgan fingerprint density at radius 1 is 1.04 bits per heavy atom. The van der Waals surface area contributed by atoms with Gasteiger partial charge in [0.1, 0.15) is 5.75 Å². The van der Waals surface area contributed by atoms with Gasteiger partial charge in [0.15, 0.2) is 0 Å². The van der Waals surface area contributed by atoms with Gasteiger partial charge in [-0.05, 0) is 55.8 Å². The van der Waals surface area contributed by atoms with Gasteiger partial charge in [0.2, 0.25) is 0 Å². The van der Waals surface area contributed by atoms with Gasteiger partial charge in [-0.2, -0.15) is 0 Å². The van der Waals surface area contributed by atoms with E-state index in [-0.39, 0.29) is 18.8 Å². The Labute approximate surface area is 153 Å². The molecule has 0 radical (unpaired) electrons. The van der Waals surface area contributed by atoms with E-state index in [2.05, 4.69) is 11.0 Å². The third-order valence-electron chi connectivity index (χ3n) is 4.84. The fourth-order valence-electron chi connectivity index (χ4n) is 3.52. The Balaban J connectivity index is 1.74. The molecule has 138 valence electrons. The zero-order valence-electron chi connectivity index (χ0n) is 14.9. The SMILES string of the molecule is O=C(O)CCCC(=O)Oc1cccc2cccc(CCN3CCCC3)c12. The second kappa shape index (κ2) is 8.81. The van der Waals surface area contributed by atoms with Crippen molar-refractivity contribution in [3.05, 3.63) is 42.0 Å². The molecule has 0 aromatic heterocycles. The molecule has 1 N–H and O–H groups in total. The molecule has 3 rings (SSSR count). The zero-order valence-corrected chi connectivity index (χ0v) is 14.9. The molecular weight excluding hydrogens is 330 g/mol. The van der Waals surface area contributed by atoms with Gasteiger partial charge in [-0.15, -0.1) is 0 Å². The van der Waals surface area contributed by atoms with E-state index in [0.717, 1.165) is 36.8 Å². The van der Waals surface area contributed by atoms with Crippen molar-refractivity contribution >= 4 is 22.7 Å². The van der Waals surface area contributed by atoms with Crippen molar-refractivity contribution in [2.75, 3.05) is 19.6 Å². The van der Waals surface area contributed by atoms with Crippen LogP contribution in [0.4, 0.5) is 0 Å². The van der Waals surface area contributed by atoms with Crippen LogP contribution in [0.25, 0.3) is 10.8 Å². The Morgan fingerprint density at radius 2 is 1.77 bits per heavy atom. The fourth-order valence-corrected chi connectivity index (χ4v) is 3.52. The highest BCUT2D eigenvalue weighted by molar-refractivity contribution is 5.93. The van der Waals surface area contributed by atoms with Crippen LogP contribution in [0, 0.1) is 0 Å². The number of rotatable bonds is 8. The number of carboxylic acids is 1. The Hall–Kier alpha value is -2.40. The van der Waals surface area contributed by atoms with Crippen LogP contribution in [0.2, 0.25) is 0 Å². The van der Waals surface area contributed by atoms with Crippen molar-refractivity contribution in [1.82, 2.24) is 4.90 Å². The largest absolute Gasteiger partial charge is 0.481 e. The lowest BCUT2D eigenvalue weighted by atomic mass is 10.0. The van der Waals surface area contributed by atoms with Gasteiger partial charge in [0, 0.05) is 24.8 Å². The summed E-state index contributed by atoms with van der Waals surface area (Å²) in [6.45, 7) is 3.34. The highest BCUT2D eigenvalue weighted by Crippen LogP contribution is 2.30. The highest BCUT2D eigenvalue weighted by atomic mass is 16.5. The minimum atomic E-state index is -0.896. The van der Waals surface area contributed by atoms with Gasteiger partial charge in [0.05, 0.1) is 0 Å². The number of nitrogens with zero attached hydrogens (tertiary/aromatic N) is 1. The molecule has 1 saturated heterocycles. The molecule has 0 saturated carbocycles. The molecule has 0 aliphatic carbocycles. The van der Waals surface area contributed by atoms with Crippen LogP contribution in [0.5, 0.6) is 5.75 Å². The summed E-state index contributed by atoms with van der Waals surface area (Å²) in [7, 11) is 0. The summed E-state index contributed by atoms with van der Waals surface area (Å²) in [5.74, 6) is -0.708. The van der Waals surface area contributed by atoms with E-state index in [1.165, 1.54) is 18.4 Å². The van der Waals surface area contributed by atoms with Gasteiger partial charge in [-0.3, -0.25) is 9.59 Å². The number of carboxylic acid groups (broad SMARTS) is 1. The number of likely N-dealkylation sites (tertiary alicyclic amines) is 1. The topological polar surface area (TPSA) is 66.8 Å². The van der Waals surface area contributed by atoms with Crippen molar-refractivity contribution in [2.24, 2.45) is 0 Å². The summed E-state index contributed by atoms with van der Waals surface area (Å²) in [6, 6.07) is 11.9. The quantitative estimate of drug-likeness (QED) is 0.578.